The Morgan fingerprint density at radius 2 is 2.04 bits per heavy atom. The van der Waals surface area contributed by atoms with Gasteiger partial charge in [-0.25, -0.2) is 0 Å². The molecule has 130 valence electrons. The van der Waals surface area contributed by atoms with Crippen LogP contribution < -0.4 is 0 Å². The van der Waals surface area contributed by atoms with Gasteiger partial charge in [0.05, 0.1) is 19.1 Å². The van der Waals surface area contributed by atoms with E-state index in [1.165, 1.54) is 17.5 Å². The van der Waals surface area contributed by atoms with Gasteiger partial charge in [0.1, 0.15) is 0 Å². The van der Waals surface area contributed by atoms with Crippen molar-refractivity contribution >= 4 is 0 Å². The maximum Gasteiger partial charge on any atom is 0.231 e. The Labute approximate surface area is 143 Å². The third-order valence-electron chi connectivity index (χ3n) is 4.94. The summed E-state index contributed by atoms with van der Waals surface area (Å²) in [5.41, 5.74) is 2.45. The minimum atomic E-state index is -0.164. The maximum atomic E-state index is 10.1. The Kier molecular flexibility index (Phi) is 5.63. The van der Waals surface area contributed by atoms with Gasteiger partial charge in [-0.05, 0) is 43.9 Å². The first kappa shape index (κ1) is 17.1. The zero-order valence-corrected chi connectivity index (χ0v) is 14.6. The molecular weight excluding hydrogens is 302 g/mol. The number of aromatic nitrogens is 2. The normalized spacial score (nSPS) is 21.3. The molecule has 5 nitrogen and oxygen atoms in total. The van der Waals surface area contributed by atoms with Gasteiger partial charge >= 0.3 is 0 Å². The van der Waals surface area contributed by atoms with Crippen LogP contribution in [0.1, 0.15) is 48.5 Å². The monoisotopic (exact) mass is 329 g/mol. The van der Waals surface area contributed by atoms with Gasteiger partial charge in [0, 0.05) is 6.54 Å². The lowest BCUT2D eigenvalue weighted by molar-refractivity contribution is 0.0496. The van der Waals surface area contributed by atoms with Crippen LogP contribution in [0.15, 0.2) is 28.8 Å². The van der Waals surface area contributed by atoms with Gasteiger partial charge in [-0.2, -0.15) is 4.98 Å². The molecular formula is C19H27N3O2. The number of aliphatic hydroxyl groups is 1. The highest BCUT2D eigenvalue weighted by Crippen LogP contribution is 2.25. The molecule has 1 fully saturated rings. The van der Waals surface area contributed by atoms with Crippen LogP contribution in [0.5, 0.6) is 0 Å². The molecule has 1 N–H and O–H groups in total. The van der Waals surface area contributed by atoms with Crippen molar-refractivity contribution in [3.8, 4) is 0 Å². The van der Waals surface area contributed by atoms with Crippen molar-refractivity contribution in [2.75, 3.05) is 13.6 Å². The van der Waals surface area contributed by atoms with Gasteiger partial charge < -0.3 is 9.63 Å². The van der Waals surface area contributed by atoms with Gasteiger partial charge in [0.2, 0.25) is 5.89 Å². The summed E-state index contributed by atoms with van der Waals surface area (Å²) in [6, 6.07) is 8.25. The molecule has 0 bridgehead atoms. The molecule has 24 heavy (non-hydrogen) atoms. The van der Waals surface area contributed by atoms with E-state index in [4.69, 9.17) is 4.52 Å². The molecule has 5 heteroatoms. The summed E-state index contributed by atoms with van der Waals surface area (Å²) < 4.78 is 5.40. The second kappa shape index (κ2) is 7.90. The van der Waals surface area contributed by atoms with Crippen LogP contribution >= 0.6 is 0 Å². The Morgan fingerprint density at radius 3 is 2.83 bits per heavy atom. The fourth-order valence-electron chi connectivity index (χ4n) is 3.50. The first-order valence-corrected chi connectivity index (χ1v) is 8.84. The molecule has 1 aliphatic carbocycles. The number of rotatable bonds is 6. The summed E-state index contributed by atoms with van der Waals surface area (Å²) in [5.74, 6) is 1.74. The van der Waals surface area contributed by atoms with Crippen LogP contribution in [0.2, 0.25) is 0 Å². The Balaban J connectivity index is 1.54. The van der Waals surface area contributed by atoms with E-state index in [1.54, 1.807) is 0 Å². The highest BCUT2D eigenvalue weighted by atomic mass is 16.5. The van der Waals surface area contributed by atoms with Crippen LogP contribution in [-0.2, 0) is 13.0 Å². The number of aliphatic hydroxyl groups excluding tert-OH is 1. The minimum Gasteiger partial charge on any atom is -0.393 e. The molecule has 2 atom stereocenters. The summed E-state index contributed by atoms with van der Waals surface area (Å²) >= 11 is 0. The molecule has 2 unspecified atom stereocenters. The molecule has 1 aromatic carbocycles. The molecule has 0 amide bonds. The number of nitrogens with zero attached hydrogens (tertiary/aromatic N) is 3. The fourth-order valence-corrected chi connectivity index (χ4v) is 3.50. The summed E-state index contributed by atoms with van der Waals surface area (Å²) in [6.45, 7) is 3.62. The van der Waals surface area contributed by atoms with E-state index in [1.807, 2.05) is 12.1 Å². The largest absolute Gasteiger partial charge is 0.393 e. The molecule has 2 aromatic rings. The van der Waals surface area contributed by atoms with Gasteiger partial charge in [-0.3, -0.25) is 4.90 Å². The maximum absolute atomic E-state index is 10.1. The first-order chi connectivity index (χ1) is 11.6. The van der Waals surface area contributed by atoms with Crippen LogP contribution in [-0.4, -0.2) is 39.8 Å². The molecule has 1 aromatic heterocycles. The first-order valence-electron chi connectivity index (χ1n) is 8.84. The quantitative estimate of drug-likeness (QED) is 0.883. The van der Waals surface area contributed by atoms with Crippen LogP contribution in [0.25, 0.3) is 0 Å². The van der Waals surface area contributed by atoms with Crippen molar-refractivity contribution in [2.24, 2.45) is 5.92 Å². The summed E-state index contributed by atoms with van der Waals surface area (Å²) in [5, 5.41) is 14.2. The number of hydrogen-bond acceptors (Lipinski definition) is 5. The Hall–Kier alpha value is -1.72. The zero-order chi connectivity index (χ0) is 16.9. The third kappa shape index (κ3) is 4.42. The van der Waals surface area contributed by atoms with Crippen molar-refractivity contribution in [3.63, 3.8) is 0 Å². The minimum absolute atomic E-state index is 0.164. The van der Waals surface area contributed by atoms with E-state index in [2.05, 4.69) is 41.1 Å². The predicted octanol–water partition coefficient (Wildman–Crippen LogP) is 2.95. The van der Waals surface area contributed by atoms with E-state index in [9.17, 15) is 5.11 Å². The van der Waals surface area contributed by atoms with E-state index in [-0.39, 0.29) is 6.10 Å². The van der Waals surface area contributed by atoms with Gasteiger partial charge in [-0.1, -0.05) is 42.3 Å². The molecule has 1 aliphatic rings. The summed E-state index contributed by atoms with van der Waals surface area (Å²) in [4.78, 5) is 6.70. The Morgan fingerprint density at radius 1 is 1.25 bits per heavy atom. The van der Waals surface area contributed by atoms with Crippen molar-refractivity contribution in [2.45, 2.75) is 51.7 Å². The SMILES string of the molecule is Cc1ccccc1Cc1nc(CN(C)CC2CCCCC2O)no1. The second-order valence-electron chi connectivity index (χ2n) is 7.02. The highest BCUT2D eigenvalue weighted by Gasteiger charge is 2.24. The average molecular weight is 329 g/mol. The van der Waals surface area contributed by atoms with E-state index in [0.717, 1.165) is 25.8 Å². The summed E-state index contributed by atoms with van der Waals surface area (Å²) in [6.07, 6.45) is 4.91. The lowest BCUT2D eigenvalue weighted by atomic mass is 9.86. The van der Waals surface area contributed by atoms with E-state index >= 15 is 0 Å². The molecule has 3 rings (SSSR count). The topological polar surface area (TPSA) is 62.4 Å². The van der Waals surface area contributed by atoms with E-state index < -0.39 is 0 Å². The lowest BCUT2D eigenvalue weighted by Gasteiger charge is -2.30. The van der Waals surface area contributed by atoms with Gasteiger partial charge in [0.15, 0.2) is 5.82 Å². The van der Waals surface area contributed by atoms with Crippen molar-refractivity contribution in [1.82, 2.24) is 15.0 Å². The molecule has 0 spiro atoms. The van der Waals surface area contributed by atoms with Crippen LogP contribution in [0.4, 0.5) is 0 Å². The highest BCUT2D eigenvalue weighted by molar-refractivity contribution is 5.27. The molecule has 1 heterocycles. The standard InChI is InChI=1S/C19H27N3O2/c1-14-7-3-4-8-15(14)11-19-20-18(21-24-19)13-22(2)12-16-9-5-6-10-17(16)23/h3-4,7-8,16-17,23H,5-6,9-13H2,1-2H3. The zero-order valence-electron chi connectivity index (χ0n) is 14.6. The summed E-state index contributed by atoms with van der Waals surface area (Å²) in [7, 11) is 2.05. The lowest BCUT2D eigenvalue weighted by Crippen LogP contribution is -2.34. The second-order valence-corrected chi connectivity index (χ2v) is 7.02. The smallest absolute Gasteiger partial charge is 0.231 e. The average Bonchev–Trinajstić information content (AvgIpc) is 2.99. The Bertz CT molecular complexity index is 656. The molecule has 0 radical (unpaired) electrons. The van der Waals surface area contributed by atoms with Crippen molar-refractivity contribution in [3.05, 3.63) is 47.1 Å². The van der Waals surface area contributed by atoms with Crippen molar-refractivity contribution in [1.29, 1.82) is 0 Å². The third-order valence-corrected chi connectivity index (χ3v) is 4.94. The molecule has 0 saturated heterocycles. The van der Waals surface area contributed by atoms with E-state index in [0.29, 0.717) is 30.6 Å². The fraction of sp³-hybridized carbons (Fsp3) is 0.579. The molecule has 0 aliphatic heterocycles. The number of hydrogen-bond donors (Lipinski definition) is 1. The van der Waals surface area contributed by atoms with Crippen LogP contribution in [0.3, 0.4) is 0 Å². The predicted molar refractivity (Wildman–Crippen MR) is 92.6 cm³/mol. The van der Waals surface area contributed by atoms with Crippen LogP contribution in [0, 0.1) is 12.8 Å². The number of aryl methyl sites for hydroxylation is 1. The van der Waals surface area contributed by atoms with Gasteiger partial charge in [-0.15, -0.1) is 0 Å². The van der Waals surface area contributed by atoms with Crippen molar-refractivity contribution < 1.29 is 9.63 Å². The number of benzene rings is 1. The van der Waals surface area contributed by atoms with Gasteiger partial charge in [0.25, 0.3) is 0 Å². The molecule has 1 saturated carbocycles.